The van der Waals surface area contributed by atoms with E-state index in [1.165, 1.54) is 0 Å². The topological polar surface area (TPSA) is 56.7 Å². The highest BCUT2D eigenvalue weighted by molar-refractivity contribution is 5.36. The summed E-state index contributed by atoms with van der Waals surface area (Å²) in [6, 6.07) is 3.90. The third kappa shape index (κ3) is 2.36. The van der Waals surface area contributed by atoms with Crippen LogP contribution >= 0.6 is 0 Å². The lowest BCUT2D eigenvalue weighted by Crippen LogP contribution is -2.12. The van der Waals surface area contributed by atoms with E-state index in [2.05, 4.69) is 16.9 Å². The summed E-state index contributed by atoms with van der Waals surface area (Å²) in [5.41, 5.74) is 7.02. The van der Waals surface area contributed by atoms with Crippen LogP contribution in [-0.2, 0) is 6.42 Å². The van der Waals surface area contributed by atoms with E-state index in [1.807, 2.05) is 36.0 Å². The zero-order valence-electron chi connectivity index (χ0n) is 10.3. The summed E-state index contributed by atoms with van der Waals surface area (Å²) in [6.07, 6.45) is 7.56. The van der Waals surface area contributed by atoms with Crippen molar-refractivity contribution in [3.05, 3.63) is 42.1 Å². The fraction of sp³-hybridized carbons (Fsp3) is 0.385. The number of pyridine rings is 1. The monoisotopic (exact) mass is 230 g/mol. The molecule has 0 saturated carbocycles. The molecule has 2 aromatic rings. The van der Waals surface area contributed by atoms with Crippen LogP contribution in [0.4, 0.5) is 0 Å². The summed E-state index contributed by atoms with van der Waals surface area (Å²) in [6.45, 7) is 4.11. The van der Waals surface area contributed by atoms with Crippen LogP contribution < -0.4 is 5.73 Å². The Hall–Kier alpha value is -1.68. The molecule has 0 saturated heterocycles. The first kappa shape index (κ1) is 11.8. The number of hydrogen-bond acceptors (Lipinski definition) is 3. The Balaban J connectivity index is 2.48. The summed E-state index contributed by atoms with van der Waals surface area (Å²) in [5, 5.41) is 0. The van der Waals surface area contributed by atoms with Crippen molar-refractivity contribution in [1.29, 1.82) is 0 Å². The lowest BCUT2D eigenvalue weighted by atomic mass is 10.1. The van der Waals surface area contributed by atoms with Gasteiger partial charge in [-0.3, -0.25) is 4.57 Å². The van der Waals surface area contributed by atoms with Crippen LogP contribution in [0.2, 0.25) is 0 Å². The summed E-state index contributed by atoms with van der Waals surface area (Å²) in [4.78, 5) is 8.79. The normalized spacial score (nSPS) is 12.6. The van der Waals surface area contributed by atoms with Gasteiger partial charge >= 0.3 is 0 Å². The lowest BCUT2D eigenvalue weighted by molar-refractivity contribution is 0.758. The van der Waals surface area contributed by atoms with Crippen LogP contribution in [0.15, 0.2) is 30.7 Å². The molecule has 0 aliphatic rings. The number of nitrogens with zero attached hydrogens (tertiary/aromatic N) is 3. The van der Waals surface area contributed by atoms with Gasteiger partial charge in [0.1, 0.15) is 11.6 Å². The second-order valence-corrected chi connectivity index (χ2v) is 4.17. The van der Waals surface area contributed by atoms with E-state index in [0.29, 0.717) is 0 Å². The van der Waals surface area contributed by atoms with Gasteiger partial charge in [-0.05, 0) is 19.4 Å². The molecule has 2 N–H and O–H groups in total. The minimum absolute atomic E-state index is 0.0319. The number of nitrogens with two attached hydrogens (primary N) is 1. The summed E-state index contributed by atoms with van der Waals surface area (Å²) < 4.78 is 2.03. The molecule has 2 rings (SSSR count). The molecule has 4 nitrogen and oxygen atoms in total. The predicted octanol–water partition coefficient (Wildman–Crippen LogP) is 2.24. The highest BCUT2D eigenvalue weighted by Gasteiger charge is 2.12. The molecule has 0 aliphatic carbocycles. The smallest absolute Gasteiger partial charge is 0.142 e. The molecule has 0 aliphatic heterocycles. The molecule has 0 spiro atoms. The number of rotatable bonds is 4. The van der Waals surface area contributed by atoms with Crippen molar-refractivity contribution in [2.45, 2.75) is 32.7 Å². The van der Waals surface area contributed by atoms with E-state index in [1.54, 1.807) is 6.20 Å². The van der Waals surface area contributed by atoms with Crippen molar-refractivity contribution in [3.8, 4) is 5.82 Å². The van der Waals surface area contributed by atoms with E-state index in [0.717, 1.165) is 30.0 Å². The van der Waals surface area contributed by atoms with Crippen molar-refractivity contribution in [1.82, 2.24) is 14.5 Å². The minimum atomic E-state index is -0.0319. The molecule has 0 radical (unpaired) electrons. The average molecular weight is 230 g/mol. The van der Waals surface area contributed by atoms with Crippen LogP contribution in [0, 0.1) is 0 Å². The fourth-order valence-corrected chi connectivity index (χ4v) is 1.90. The number of aryl methyl sites for hydroxylation is 1. The molecular formula is C13H18N4. The van der Waals surface area contributed by atoms with Crippen molar-refractivity contribution in [2.24, 2.45) is 5.73 Å². The second kappa shape index (κ2) is 5.10. The van der Waals surface area contributed by atoms with Gasteiger partial charge in [0.15, 0.2) is 0 Å². The van der Waals surface area contributed by atoms with Gasteiger partial charge in [0, 0.05) is 36.6 Å². The van der Waals surface area contributed by atoms with Gasteiger partial charge in [0.05, 0.1) is 0 Å². The Morgan fingerprint density at radius 1 is 1.35 bits per heavy atom. The Bertz CT molecular complexity index is 488. The van der Waals surface area contributed by atoms with Gasteiger partial charge in [-0.2, -0.15) is 0 Å². The zero-order chi connectivity index (χ0) is 12.3. The van der Waals surface area contributed by atoms with Gasteiger partial charge in [-0.1, -0.05) is 13.0 Å². The SMILES string of the molecule is CCCc1nccn1-c1ncccc1[C@H](C)N. The maximum absolute atomic E-state index is 5.97. The zero-order valence-corrected chi connectivity index (χ0v) is 10.3. The number of aromatic nitrogens is 3. The van der Waals surface area contributed by atoms with Gasteiger partial charge in [0.25, 0.3) is 0 Å². The third-order valence-electron chi connectivity index (χ3n) is 2.73. The number of hydrogen-bond donors (Lipinski definition) is 1. The summed E-state index contributed by atoms with van der Waals surface area (Å²) in [5.74, 6) is 1.93. The van der Waals surface area contributed by atoms with Crippen LogP contribution in [0.5, 0.6) is 0 Å². The largest absolute Gasteiger partial charge is 0.324 e. The van der Waals surface area contributed by atoms with E-state index < -0.39 is 0 Å². The van der Waals surface area contributed by atoms with Crippen molar-refractivity contribution < 1.29 is 0 Å². The van der Waals surface area contributed by atoms with Crippen LogP contribution in [0.1, 0.15) is 37.7 Å². The molecular weight excluding hydrogens is 212 g/mol. The van der Waals surface area contributed by atoms with Crippen LogP contribution in [0.3, 0.4) is 0 Å². The molecule has 0 amide bonds. The standard InChI is InChI=1S/C13H18N4/c1-3-5-12-15-8-9-17(12)13-11(10(2)14)6-4-7-16-13/h4,6-10H,3,5,14H2,1-2H3/t10-/m0/s1. The molecule has 1 atom stereocenters. The van der Waals surface area contributed by atoms with Crippen molar-refractivity contribution in [3.63, 3.8) is 0 Å². The summed E-state index contributed by atoms with van der Waals surface area (Å²) >= 11 is 0. The molecule has 0 fully saturated rings. The fourth-order valence-electron chi connectivity index (χ4n) is 1.90. The maximum atomic E-state index is 5.97. The van der Waals surface area contributed by atoms with Gasteiger partial charge in [-0.25, -0.2) is 9.97 Å². The van der Waals surface area contributed by atoms with Gasteiger partial charge in [-0.15, -0.1) is 0 Å². The Morgan fingerprint density at radius 2 is 2.18 bits per heavy atom. The average Bonchev–Trinajstić information content (AvgIpc) is 2.77. The maximum Gasteiger partial charge on any atom is 0.142 e. The van der Waals surface area contributed by atoms with E-state index in [-0.39, 0.29) is 6.04 Å². The Labute approximate surface area is 102 Å². The second-order valence-electron chi connectivity index (χ2n) is 4.17. The third-order valence-corrected chi connectivity index (χ3v) is 2.73. The first-order chi connectivity index (χ1) is 8.24. The van der Waals surface area contributed by atoms with E-state index >= 15 is 0 Å². The van der Waals surface area contributed by atoms with Crippen LogP contribution in [-0.4, -0.2) is 14.5 Å². The molecule has 0 unspecified atom stereocenters. The first-order valence-electron chi connectivity index (χ1n) is 5.97. The molecule has 0 bridgehead atoms. The van der Waals surface area contributed by atoms with Crippen molar-refractivity contribution in [2.75, 3.05) is 0 Å². The molecule has 2 aromatic heterocycles. The van der Waals surface area contributed by atoms with Gasteiger partial charge < -0.3 is 5.73 Å². The highest BCUT2D eigenvalue weighted by atomic mass is 15.1. The molecule has 4 heteroatoms. The molecule has 0 aromatic carbocycles. The lowest BCUT2D eigenvalue weighted by Gasteiger charge is -2.13. The van der Waals surface area contributed by atoms with Gasteiger partial charge in [0.2, 0.25) is 0 Å². The first-order valence-corrected chi connectivity index (χ1v) is 5.97. The van der Waals surface area contributed by atoms with Crippen LogP contribution in [0.25, 0.3) is 5.82 Å². The van der Waals surface area contributed by atoms with E-state index in [9.17, 15) is 0 Å². The summed E-state index contributed by atoms with van der Waals surface area (Å²) in [7, 11) is 0. The molecule has 2 heterocycles. The Morgan fingerprint density at radius 3 is 2.88 bits per heavy atom. The molecule has 90 valence electrons. The predicted molar refractivity (Wildman–Crippen MR) is 68.0 cm³/mol. The van der Waals surface area contributed by atoms with Crippen molar-refractivity contribution >= 4 is 0 Å². The highest BCUT2D eigenvalue weighted by Crippen LogP contribution is 2.19. The molecule has 17 heavy (non-hydrogen) atoms. The number of imidazole rings is 1. The minimum Gasteiger partial charge on any atom is -0.324 e. The Kier molecular flexibility index (Phi) is 3.54. The quantitative estimate of drug-likeness (QED) is 0.876. The van der Waals surface area contributed by atoms with E-state index in [4.69, 9.17) is 5.73 Å².